The maximum absolute atomic E-state index is 13.6. The fourth-order valence-electron chi connectivity index (χ4n) is 3.32. The Morgan fingerprint density at radius 1 is 1.00 bits per heavy atom. The number of hydrogen-bond donors (Lipinski definition) is 1. The summed E-state index contributed by atoms with van der Waals surface area (Å²) in [6, 6.07) is 15.0. The molecule has 0 fully saturated rings. The second kappa shape index (κ2) is 6.65. The Labute approximate surface area is 169 Å². The van der Waals surface area contributed by atoms with E-state index in [-0.39, 0.29) is 16.0 Å². The van der Waals surface area contributed by atoms with Crippen LogP contribution in [0.1, 0.15) is 10.4 Å². The summed E-state index contributed by atoms with van der Waals surface area (Å²) in [5.41, 5.74) is 0.192. The smallest absolute Gasteiger partial charge is 0.337 e. The van der Waals surface area contributed by atoms with Gasteiger partial charge in [0.25, 0.3) is 10.0 Å². The zero-order valence-electron chi connectivity index (χ0n) is 14.6. The number of carbonyl (C=O) groups is 1. The number of nitrogens with zero attached hydrogens (tertiary/aromatic N) is 1. The molecule has 8 heteroatoms. The molecule has 0 aliphatic heterocycles. The van der Waals surface area contributed by atoms with Gasteiger partial charge in [-0.15, -0.1) is 0 Å². The van der Waals surface area contributed by atoms with Gasteiger partial charge in [0.05, 0.1) is 23.1 Å². The summed E-state index contributed by atoms with van der Waals surface area (Å²) < 4.78 is 34.0. The first-order chi connectivity index (χ1) is 13.4. The van der Waals surface area contributed by atoms with Crippen molar-refractivity contribution < 1.29 is 23.1 Å². The second-order valence-electron chi connectivity index (χ2n) is 6.10. The molecule has 0 bridgehead atoms. The van der Waals surface area contributed by atoms with Crippen LogP contribution in [0.4, 0.5) is 0 Å². The van der Waals surface area contributed by atoms with Gasteiger partial charge in [0.2, 0.25) is 0 Å². The minimum Gasteiger partial charge on any atom is -0.496 e. The van der Waals surface area contributed by atoms with E-state index in [4.69, 9.17) is 4.74 Å². The Kier molecular flexibility index (Phi) is 4.40. The SMILES string of the molecule is COc1ccc(S(=O)(=O)n2cc(C(=O)O)c3cccc(Br)c32)c2ccccc12. The Bertz CT molecular complexity index is 1360. The van der Waals surface area contributed by atoms with Crippen molar-refractivity contribution in [3.05, 3.63) is 70.8 Å². The molecule has 0 aliphatic carbocycles. The van der Waals surface area contributed by atoms with Gasteiger partial charge in [-0.3, -0.25) is 0 Å². The van der Waals surface area contributed by atoms with E-state index >= 15 is 0 Å². The van der Waals surface area contributed by atoms with Crippen LogP contribution >= 0.6 is 15.9 Å². The number of aromatic carboxylic acids is 1. The summed E-state index contributed by atoms with van der Waals surface area (Å²) in [6.07, 6.45) is 1.14. The van der Waals surface area contributed by atoms with Crippen LogP contribution in [0.3, 0.4) is 0 Å². The summed E-state index contributed by atoms with van der Waals surface area (Å²) in [6.45, 7) is 0. The van der Waals surface area contributed by atoms with E-state index in [9.17, 15) is 18.3 Å². The van der Waals surface area contributed by atoms with Gasteiger partial charge in [-0.2, -0.15) is 0 Å². The van der Waals surface area contributed by atoms with Gasteiger partial charge in [0.15, 0.2) is 0 Å². The van der Waals surface area contributed by atoms with Crippen LogP contribution in [0.25, 0.3) is 21.7 Å². The molecule has 1 N–H and O–H groups in total. The monoisotopic (exact) mass is 459 g/mol. The number of carboxylic acid groups (broad SMARTS) is 1. The molecule has 0 atom stereocenters. The molecule has 0 radical (unpaired) electrons. The van der Waals surface area contributed by atoms with Gasteiger partial charge in [-0.25, -0.2) is 17.2 Å². The quantitative estimate of drug-likeness (QED) is 0.485. The normalized spacial score (nSPS) is 11.8. The Balaban J connectivity index is 2.09. The largest absolute Gasteiger partial charge is 0.496 e. The number of carboxylic acids is 1. The van der Waals surface area contributed by atoms with Crippen LogP contribution in [0.2, 0.25) is 0 Å². The lowest BCUT2D eigenvalue weighted by Crippen LogP contribution is -2.13. The number of hydrogen-bond acceptors (Lipinski definition) is 4. The number of fused-ring (bicyclic) bond motifs is 2. The molecule has 1 aromatic heterocycles. The highest BCUT2D eigenvalue weighted by atomic mass is 79.9. The Hall–Kier alpha value is -2.84. The number of para-hydroxylation sites is 1. The molecule has 0 aliphatic rings. The number of rotatable bonds is 4. The van der Waals surface area contributed by atoms with Gasteiger partial charge in [-0.05, 0) is 34.1 Å². The van der Waals surface area contributed by atoms with Crippen LogP contribution in [0.5, 0.6) is 5.75 Å². The summed E-state index contributed by atoms with van der Waals surface area (Å²) >= 11 is 3.35. The fraction of sp³-hybridized carbons (Fsp3) is 0.0500. The third-order valence-corrected chi connectivity index (χ3v) is 6.93. The fourth-order valence-corrected chi connectivity index (χ4v) is 5.58. The first-order valence-electron chi connectivity index (χ1n) is 8.20. The maximum atomic E-state index is 13.6. The number of benzene rings is 3. The van der Waals surface area contributed by atoms with Crippen molar-refractivity contribution in [2.24, 2.45) is 0 Å². The average Bonchev–Trinajstić information content (AvgIpc) is 3.09. The van der Waals surface area contributed by atoms with E-state index in [1.807, 2.05) is 0 Å². The number of methoxy groups -OCH3 is 1. The topological polar surface area (TPSA) is 85.6 Å². The van der Waals surface area contributed by atoms with Crippen LogP contribution in [0, 0.1) is 0 Å². The molecule has 0 unspecified atom stereocenters. The van der Waals surface area contributed by atoms with Crippen molar-refractivity contribution in [2.75, 3.05) is 7.11 Å². The van der Waals surface area contributed by atoms with Crippen LogP contribution < -0.4 is 4.74 Å². The van der Waals surface area contributed by atoms with E-state index in [0.717, 1.165) is 10.2 Å². The van der Waals surface area contributed by atoms with Crippen LogP contribution in [-0.4, -0.2) is 30.6 Å². The third kappa shape index (κ3) is 2.68. The molecular formula is C20H14BrNO5S. The van der Waals surface area contributed by atoms with Crippen molar-refractivity contribution in [1.82, 2.24) is 3.97 Å². The Morgan fingerprint density at radius 2 is 1.68 bits per heavy atom. The molecule has 0 amide bonds. The van der Waals surface area contributed by atoms with Gasteiger partial charge in [0, 0.05) is 26.8 Å². The van der Waals surface area contributed by atoms with Gasteiger partial charge in [0.1, 0.15) is 5.75 Å². The predicted octanol–water partition coefficient (Wildman–Crippen LogP) is 4.50. The molecule has 4 rings (SSSR count). The van der Waals surface area contributed by atoms with E-state index in [2.05, 4.69) is 15.9 Å². The third-order valence-electron chi connectivity index (χ3n) is 4.57. The second-order valence-corrected chi connectivity index (χ2v) is 8.73. The molecule has 6 nitrogen and oxygen atoms in total. The molecule has 0 spiro atoms. The lowest BCUT2D eigenvalue weighted by molar-refractivity contribution is 0.0699. The van der Waals surface area contributed by atoms with E-state index in [1.54, 1.807) is 48.5 Å². The standard InChI is InChI=1S/C20H14BrNO5S/c1-27-17-9-10-18(13-6-3-2-5-12(13)17)28(25,26)22-11-15(20(23)24)14-7-4-8-16(21)19(14)22/h2-11H,1H3,(H,23,24). The van der Waals surface area contributed by atoms with E-state index in [1.165, 1.54) is 13.2 Å². The highest BCUT2D eigenvalue weighted by molar-refractivity contribution is 9.10. The zero-order valence-corrected chi connectivity index (χ0v) is 17.0. The molecular weight excluding hydrogens is 446 g/mol. The lowest BCUT2D eigenvalue weighted by Gasteiger charge is -2.13. The molecule has 0 saturated heterocycles. The molecule has 28 heavy (non-hydrogen) atoms. The summed E-state index contributed by atoms with van der Waals surface area (Å²) in [5.74, 6) is -0.643. The van der Waals surface area contributed by atoms with Gasteiger partial charge < -0.3 is 9.84 Å². The minimum atomic E-state index is -4.08. The minimum absolute atomic E-state index is 0.0634. The van der Waals surface area contributed by atoms with Crippen molar-refractivity contribution in [2.45, 2.75) is 4.90 Å². The number of halogens is 1. The summed E-state index contributed by atoms with van der Waals surface area (Å²) in [5, 5.41) is 11.0. The van der Waals surface area contributed by atoms with Crippen molar-refractivity contribution in [3.63, 3.8) is 0 Å². The van der Waals surface area contributed by atoms with Gasteiger partial charge >= 0.3 is 5.97 Å². The van der Waals surface area contributed by atoms with Crippen LogP contribution in [0.15, 0.2) is 70.2 Å². The lowest BCUT2D eigenvalue weighted by atomic mass is 10.1. The van der Waals surface area contributed by atoms with E-state index in [0.29, 0.717) is 26.4 Å². The molecule has 0 saturated carbocycles. The highest BCUT2D eigenvalue weighted by Crippen LogP contribution is 2.35. The molecule has 3 aromatic carbocycles. The van der Waals surface area contributed by atoms with Crippen molar-refractivity contribution in [1.29, 1.82) is 0 Å². The predicted molar refractivity (Wildman–Crippen MR) is 110 cm³/mol. The first-order valence-corrected chi connectivity index (χ1v) is 10.4. The first kappa shape index (κ1) is 18.5. The van der Waals surface area contributed by atoms with Crippen molar-refractivity contribution >= 4 is 53.6 Å². The summed E-state index contributed by atoms with van der Waals surface area (Å²) in [4.78, 5) is 11.7. The zero-order chi connectivity index (χ0) is 20.1. The van der Waals surface area contributed by atoms with Crippen LogP contribution in [-0.2, 0) is 10.0 Å². The number of ether oxygens (including phenoxy) is 1. The average molecular weight is 460 g/mol. The number of aromatic nitrogens is 1. The molecule has 142 valence electrons. The molecule has 1 heterocycles. The highest BCUT2D eigenvalue weighted by Gasteiger charge is 2.26. The van der Waals surface area contributed by atoms with E-state index < -0.39 is 16.0 Å². The maximum Gasteiger partial charge on any atom is 0.337 e. The van der Waals surface area contributed by atoms with Gasteiger partial charge in [-0.1, -0.05) is 36.4 Å². The van der Waals surface area contributed by atoms with Crippen molar-refractivity contribution in [3.8, 4) is 5.75 Å². The Morgan fingerprint density at radius 3 is 2.36 bits per heavy atom. The summed E-state index contributed by atoms with van der Waals surface area (Å²) in [7, 11) is -2.57. The molecule has 4 aromatic rings.